The Morgan fingerprint density at radius 2 is 2.00 bits per heavy atom. The predicted octanol–water partition coefficient (Wildman–Crippen LogP) is 2.34. The van der Waals surface area contributed by atoms with Crippen LogP contribution in [-0.2, 0) is 11.3 Å². The average Bonchev–Trinajstić information content (AvgIpc) is 3.15. The zero-order valence-corrected chi connectivity index (χ0v) is 13.1. The summed E-state index contributed by atoms with van der Waals surface area (Å²) in [6.45, 7) is 6.47. The highest BCUT2D eigenvalue weighted by atomic mass is 16.5. The minimum absolute atomic E-state index is 0.132. The SMILES string of the molecule is Cc1ccc(-c2noc(-c3cn(CC4(C)COC4)nn3)n2)cc1. The smallest absolute Gasteiger partial charge is 0.280 e. The normalized spacial score (nSPS) is 16.3. The molecule has 2 aromatic heterocycles. The topological polar surface area (TPSA) is 78.9 Å². The van der Waals surface area contributed by atoms with Gasteiger partial charge in [-0.25, -0.2) is 0 Å². The molecule has 118 valence electrons. The number of hydrogen-bond donors (Lipinski definition) is 0. The lowest BCUT2D eigenvalue weighted by Gasteiger charge is -2.37. The van der Waals surface area contributed by atoms with Crippen molar-refractivity contribution in [3.05, 3.63) is 36.0 Å². The molecular weight excluding hydrogens is 294 g/mol. The molecule has 4 rings (SSSR count). The predicted molar refractivity (Wildman–Crippen MR) is 82.4 cm³/mol. The van der Waals surface area contributed by atoms with Crippen molar-refractivity contribution >= 4 is 0 Å². The summed E-state index contributed by atoms with van der Waals surface area (Å²) >= 11 is 0. The second kappa shape index (κ2) is 5.27. The van der Waals surface area contributed by atoms with E-state index >= 15 is 0 Å². The van der Waals surface area contributed by atoms with Crippen LogP contribution in [0.2, 0.25) is 0 Å². The molecule has 1 saturated heterocycles. The van der Waals surface area contributed by atoms with Gasteiger partial charge in [0.2, 0.25) is 5.82 Å². The largest absolute Gasteiger partial charge is 0.380 e. The van der Waals surface area contributed by atoms with Gasteiger partial charge in [-0.1, -0.05) is 47.1 Å². The van der Waals surface area contributed by atoms with Crippen LogP contribution in [0.1, 0.15) is 12.5 Å². The molecule has 23 heavy (non-hydrogen) atoms. The van der Waals surface area contributed by atoms with Crippen molar-refractivity contribution in [1.82, 2.24) is 25.1 Å². The van der Waals surface area contributed by atoms with E-state index in [1.807, 2.05) is 37.4 Å². The fourth-order valence-electron chi connectivity index (χ4n) is 2.55. The summed E-state index contributed by atoms with van der Waals surface area (Å²) in [5.41, 5.74) is 2.82. The molecule has 0 saturated carbocycles. The average molecular weight is 311 g/mol. The first-order chi connectivity index (χ1) is 11.1. The summed E-state index contributed by atoms with van der Waals surface area (Å²) < 4.78 is 12.4. The number of ether oxygens (including phenoxy) is 1. The molecule has 7 nitrogen and oxygen atoms in total. The Morgan fingerprint density at radius 1 is 1.22 bits per heavy atom. The molecule has 0 bridgehead atoms. The summed E-state index contributed by atoms with van der Waals surface area (Å²) in [4.78, 5) is 4.41. The van der Waals surface area contributed by atoms with Gasteiger partial charge in [0.05, 0.1) is 26.0 Å². The lowest BCUT2D eigenvalue weighted by Crippen LogP contribution is -2.43. The molecule has 1 aliphatic rings. The third kappa shape index (κ3) is 2.75. The first kappa shape index (κ1) is 14.1. The summed E-state index contributed by atoms with van der Waals surface area (Å²) in [6.07, 6.45) is 1.83. The van der Waals surface area contributed by atoms with E-state index in [-0.39, 0.29) is 5.41 Å². The van der Waals surface area contributed by atoms with Gasteiger partial charge in [0.1, 0.15) is 0 Å². The number of aryl methyl sites for hydroxylation is 1. The minimum atomic E-state index is 0.132. The van der Waals surface area contributed by atoms with E-state index < -0.39 is 0 Å². The van der Waals surface area contributed by atoms with E-state index in [1.165, 1.54) is 5.56 Å². The maximum atomic E-state index is 5.32. The van der Waals surface area contributed by atoms with E-state index in [0.29, 0.717) is 17.4 Å². The fraction of sp³-hybridized carbons (Fsp3) is 0.375. The van der Waals surface area contributed by atoms with Gasteiger partial charge >= 0.3 is 0 Å². The third-order valence-electron chi connectivity index (χ3n) is 3.94. The first-order valence-corrected chi connectivity index (χ1v) is 7.50. The monoisotopic (exact) mass is 311 g/mol. The Kier molecular flexibility index (Phi) is 3.23. The molecule has 3 heterocycles. The highest BCUT2D eigenvalue weighted by Gasteiger charge is 2.34. The Bertz CT molecular complexity index is 817. The maximum Gasteiger partial charge on any atom is 0.280 e. The highest BCUT2D eigenvalue weighted by Crippen LogP contribution is 2.28. The molecule has 1 aromatic carbocycles. The molecule has 1 fully saturated rings. The van der Waals surface area contributed by atoms with Crippen LogP contribution < -0.4 is 0 Å². The van der Waals surface area contributed by atoms with Gasteiger partial charge in [-0.2, -0.15) is 4.98 Å². The molecule has 0 aliphatic carbocycles. The van der Waals surface area contributed by atoms with E-state index in [9.17, 15) is 0 Å². The first-order valence-electron chi connectivity index (χ1n) is 7.50. The number of nitrogens with zero attached hydrogens (tertiary/aromatic N) is 5. The Labute approximate surface area is 133 Å². The summed E-state index contributed by atoms with van der Waals surface area (Å²) in [6, 6.07) is 7.97. The molecule has 3 aromatic rings. The van der Waals surface area contributed by atoms with Crippen molar-refractivity contribution in [1.29, 1.82) is 0 Å². The van der Waals surface area contributed by atoms with Crippen molar-refractivity contribution in [3.8, 4) is 23.0 Å². The molecule has 0 radical (unpaired) electrons. The van der Waals surface area contributed by atoms with Crippen LogP contribution >= 0.6 is 0 Å². The van der Waals surface area contributed by atoms with Crippen molar-refractivity contribution in [2.24, 2.45) is 5.41 Å². The molecule has 1 aliphatic heterocycles. The minimum Gasteiger partial charge on any atom is -0.380 e. The van der Waals surface area contributed by atoms with Crippen molar-refractivity contribution in [2.75, 3.05) is 13.2 Å². The third-order valence-corrected chi connectivity index (χ3v) is 3.94. The molecule has 7 heteroatoms. The second-order valence-corrected chi connectivity index (χ2v) is 6.39. The van der Waals surface area contributed by atoms with Gasteiger partial charge in [0.15, 0.2) is 5.69 Å². The molecular formula is C16H17N5O2. The van der Waals surface area contributed by atoms with Crippen LogP contribution in [0.15, 0.2) is 35.0 Å². The van der Waals surface area contributed by atoms with Crippen LogP contribution in [0.5, 0.6) is 0 Å². The van der Waals surface area contributed by atoms with E-state index in [1.54, 1.807) is 4.68 Å². The van der Waals surface area contributed by atoms with E-state index in [0.717, 1.165) is 25.3 Å². The number of benzene rings is 1. The van der Waals surface area contributed by atoms with E-state index in [2.05, 4.69) is 27.4 Å². The number of hydrogen-bond acceptors (Lipinski definition) is 6. The van der Waals surface area contributed by atoms with Crippen LogP contribution in [0.3, 0.4) is 0 Å². The zero-order valence-electron chi connectivity index (χ0n) is 13.1. The summed E-state index contributed by atoms with van der Waals surface area (Å²) in [5.74, 6) is 0.927. The van der Waals surface area contributed by atoms with Crippen LogP contribution in [-0.4, -0.2) is 38.3 Å². The van der Waals surface area contributed by atoms with Gasteiger partial charge in [-0.05, 0) is 6.92 Å². The maximum absolute atomic E-state index is 5.32. The molecule has 0 unspecified atom stereocenters. The second-order valence-electron chi connectivity index (χ2n) is 6.39. The molecule has 0 amide bonds. The molecule has 0 N–H and O–H groups in total. The van der Waals surface area contributed by atoms with Gasteiger partial charge < -0.3 is 9.26 Å². The van der Waals surface area contributed by atoms with Gasteiger partial charge in [-0.15, -0.1) is 5.10 Å². The zero-order chi connectivity index (χ0) is 15.9. The standard InChI is InChI=1S/C16H17N5O2/c1-11-3-5-12(6-4-11)14-17-15(23-19-14)13-7-21(20-18-13)8-16(2)9-22-10-16/h3-7H,8-10H2,1-2H3. The lowest BCUT2D eigenvalue weighted by atomic mass is 9.89. The van der Waals surface area contributed by atoms with Crippen molar-refractivity contribution in [3.63, 3.8) is 0 Å². The van der Waals surface area contributed by atoms with Crippen LogP contribution in [0, 0.1) is 12.3 Å². The highest BCUT2D eigenvalue weighted by molar-refractivity contribution is 5.57. The number of rotatable bonds is 4. The van der Waals surface area contributed by atoms with Gasteiger partial charge in [-0.3, -0.25) is 4.68 Å². The van der Waals surface area contributed by atoms with Crippen molar-refractivity contribution < 1.29 is 9.26 Å². The molecule has 0 spiro atoms. The quantitative estimate of drug-likeness (QED) is 0.736. The summed E-state index contributed by atoms with van der Waals surface area (Å²) in [5, 5.41) is 12.3. The van der Waals surface area contributed by atoms with Crippen LogP contribution in [0.4, 0.5) is 0 Å². The Balaban J connectivity index is 1.54. The van der Waals surface area contributed by atoms with E-state index in [4.69, 9.17) is 9.26 Å². The summed E-state index contributed by atoms with van der Waals surface area (Å²) in [7, 11) is 0. The Hall–Kier alpha value is -2.54. The molecule has 0 atom stereocenters. The van der Waals surface area contributed by atoms with Crippen molar-refractivity contribution in [2.45, 2.75) is 20.4 Å². The Morgan fingerprint density at radius 3 is 2.70 bits per heavy atom. The van der Waals surface area contributed by atoms with Gasteiger partial charge in [0.25, 0.3) is 5.89 Å². The van der Waals surface area contributed by atoms with Gasteiger partial charge in [0, 0.05) is 11.0 Å². The lowest BCUT2D eigenvalue weighted by molar-refractivity contribution is -0.111. The number of aromatic nitrogens is 5. The fourth-order valence-corrected chi connectivity index (χ4v) is 2.55. The van der Waals surface area contributed by atoms with Crippen LogP contribution in [0.25, 0.3) is 23.0 Å².